The van der Waals surface area contributed by atoms with Gasteiger partial charge in [-0.2, -0.15) is 0 Å². The lowest BCUT2D eigenvalue weighted by molar-refractivity contribution is -0.121. The van der Waals surface area contributed by atoms with Gasteiger partial charge in [-0.05, 0) is 36.4 Å². The van der Waals surface area contributed by atoms with Crippen LogP contribution in [-0.4, -0.2) is 19.0 Å². The molecule has 3 nitrogen and oxygen atoms in total. The van der Waals surface area contributed by atoms with Gasteiger partial charge in [-0.15, -0.1) is 0 Å². The first-order chi connectivity index (χ1) is 9.16. The van der Waals surface area contributed by atoms with Gasteiger partial charge in [0.2, 0.25) is 5.91 Å². The van der Waals surface area contributed by atoms with Crippen LogP contribution in [0.5, 0.6) is 0 Å². The van der Waals surface area contributed by atoms with E-state index in [1.54, 1.807) is 0 Å². The van der Waals surface area contributed by atoms with Gasteiger partial charge in [0.05, 0.1) is 0 Å². The number of fused-ring (bicyclic) bond motifs is 1. The Morgan fingerprint density at radius 2 is 2.21 bits per heavy atom. The molecule has 1 unspecified atom stereocenters. The Bertz CT molecular complexity index is 429. The van der Waals surface area contributed by atoms with Gasteiger partial charge < -0.3 is 10.6 Å². The maximum Gasteiger partial charge on any atom is 0.221 e. The van der Waals surface area contributed by atoms with Crippen molar-refractivity contribution in [1.29, 1.82) is 0 Å². The summed E-state index contributed by atoms with van der Waals surface area (Å²) in [6, 6.07) is 8.59. The Morgan fingerprint density at radius 1 is 1.42 bits per heavy atom. The minimum absolute atomic E-state index is 0.148. The Balaban J connectivity index is 1.88. The monoisotopic (exact) mass is 260 g/mol. The van der Waals surface area contributed by atoms with Crippen LogP contribution in [0.3, 0.4) is 0 Å². The molecule has 1 amide bonds. The average Bonchev–Trinajstić information content (AvgIpc) is 2.39. The van der Waals surface area contributed by atoms with Crippen molar-refractivity contribution >= 4 is 5.91 Å². The second kappa shape index (κ2) is 6.71. The normalized spacial score (nSPS) is 18.2. The highest BCUT2D eigenvalue weighted by Crippen LogP contribution is 2.24. The van der Waals surface area contributed by atoms with Crippen molar-refractivity contribution in [3.8, 4) is 0 Å². The zero-order valence-electron chi connectivity index (χ0n) is 11.9. The van der Waals surface area contributed by atoms with E-state index < -0.39 is 0 Å². The summed E-state index contributed by atoms with van der Waals surface area (Å²) in [5, 5.41) is 6.46. The Hall–Kier alpha value is -1.35. The molecule has 0 aromatic heterocycles. The van der Waals surface area contributed by atoms with Gasteiger partial charge in [0.15, 0.2) is 0 Å². The summed E-state index contributed by atoms with van der Waals surface area (Å²) in [6.07, 6.45) is 2.64. The third-order valence-electron chi connectivity index (χ3n) is 3.65. The van der Waals surface area contributed by atoms with Crippen LogP contribution in [0.25, 0.3) is 0 Å². The highest BCUT2D eigenvalue weighted by atomic mass is 16.1. The molecule has 2 N–H and O–H groups in total. The first-order valence-corrected chi connectivity index (χ1v) is 7.24. The number of hydrogen-bond donors (Lipinski definition) is 2. The summed E-state index contributed by atoms with van der Waals surface area (Å²) in [4.78, 5) is 12.0. The molecule has 0 bridgehead atoms. The fourth-order valence-corrected chi connectivity index (χ4v) is 2.53. The maximum atomic E-state index is 12.0. The van der Waals surface area contributed by atoms with Crippen molar-refractivity contribution in [2.45, 2.75) is 39.2 Å². The fourth-order valence-electron chi connectivity index (χ4n) is 2.53. The molecule has 1 aliphatic heterocycles. The van der Waals surface area contributed by atoms with Gasteiger partial charge in [-0.3, -0.25) is 4.79 Å². The summed E-state index contributed by atoms with van der Waals surface area (Å²) in [5.74, 6) is 0.781. The number of nitrogens with one attached hydrogen (secondary N) is 2. The molecule has 1 heterocycles. The van der Waals surface area contributed by atoms with Crippen LogP contribution in [0.2, 0.25) is 0 Å². The number of hydrogen-bond acceptors (Lipinski definition) is 2. The van der Waals surface area contributed by atoms with Crippen molar-refractivity contribution in [3.63, 3.8) is 0 Å². The summed E-state index contributed by atoms with van der Waals surface area (Å²) in [5.41, 5.74) is 2.66. The standard InChI is InChI=1S/C16H24N2O/c1-12(2)7-9-18-16(19)11-15-14-6-4-3-5-13(14)8-10-17-15/h3-6,12,15,17H,7-11H2,1-2H3,(H,18,19). The third-order valence-corrected chi connectivity index (χ3v) is 3.65. The summed E-state index contributed by atoms with van der Waals surface area (Å²) in [6.45, 7) is 6.09. The molecule has 0 aliphatic carbocycles. The van der Waals surface area contributed by atoms with E-state index in [1.807, 2.05) is 0 Å². The first kappa shape index (κ1) is 14.1. The summed E-state index contributed by atoms with van der Waals surface area (Å²) >= 11 is 0. The van der Waals surface area contributed by atoms with Crippen LogP contribution in [0.15, 0.2) is 24.3 Å². The molecule has 1 aliphatic rings. The Kier molecular flexibility index (Phi) is 4.97. The minimum Gasteiger partial charge on any atom is -0.356 e. The molecule has 0 saturated heterocycles. The van der Waals surface area contributed by atoms with E-state index in [9.17, 15) is 4.79 Å². The lowest BCUT2D eigenvalue weighted by atomic mass is 9.92. The SMILES string of the molecule is CC(C)CCNC(=O)CC1NCCc2ccccc21. The highest BCUT2D eigenvalue weighted by Gasteiger charge is 2.21. The van der Waals surface area contributed by atoms with Crippen molar-refractivity contribution < 1.29 is 4.79 Å². The predicted molar refractivity (Wildman–Crippen MR) is 78.0 cm³/mol. The van der Waals surface area contributed by atoms with E-state index in [4.69, 9.17) is 0 Å². The van der Waals surface area contributed by atoms with Crippen LogP contribution < -0.4 is 10.6 Å². The first-order valence-electron chi connectivity index (χ1n) is 7.24. The van der Waals surface area contributed by atoms with Crippen LogP contribution in [0.1, 0.15) is 43.9 Å². The Morgan fingerprint density at radius 3 is 3.00 bits per heavy atom. The molecule has 3 heteroatoms. The summed E-state index contributed by atoms with van der Waals surface area (Å²) < 4.78 is 0. The number of carbonyl (C=O) groups excluding carboxylic acids is 1. The van der Waals surface area contributed by atoms with Gasteiger partial charge in [0.1, 0.15) is 0 Å². The molecule has 0 spiro atoms. The van der Waals surface area contributed by atoms with Gasteiger partial charge >= 0.3 is 0 Å². The van der Waals surface area contributed by atoms with E-state index in [-0.39, 0.29) is 11.9 Å². The average molecular weight is 260 g/mol. The molecule has 0 saturated carbocycles. The maximum absolute atomic E-state index is 12.0. The van der Waals surface area contributed by atoms with Crippen LogP contribution in [-0.2, 0) is 11.2 Å². The molecular formula is C16H24N2O. The predicted octanol–water partition coefficient (Wildman–Crippen LogP) is 2.43. The zero-order chi connectivity index (χ0) is 13.7. The minimum atomic E-state index is 0.148. The molecule has 104 valence electrons. The molecule has 1 atom stereocenters. The van der Waals surface area contributed by atoms with Crippen LogP contribution >= 0.6 is 0 Å². The highest BCUT2D eigenvalue weighted by molar-refractivity contribution is 5.76. The largest absolute Gasteiger partial charge is 0.356 e. The van der Waals surface area contributed by atoms with Crippen molar-refractivity contribution in [3.05, 3.63) is 35.4 Å². The number of rotatable bonds is 5. The van der Waals surface area contributed by atoms with Gasteiger partial charge in [-0.25, -0.2) is 0 Å². The molecular weight excluding hydrogens is 236 g/mol. The quantitative estimate of drug-likeness (QED) is 0.853. The Labute approximate surface area is 115 Å². The second-order valence-electron chi connectivity index (χ2n) is 5.69. The molecule has 1 aromatic carbocycles. The third kappa shape index (κ3) is 4.06. The lowest BCUT2D eigenvalue weighted by Crippen LogP contribution is -2.35. The smallest absolute Gasteiger partial charge is 0.221 e. The van der Waals surface area contributed by atoms with Crippen LogP contribution in [0.4, 0.5) is 0 Å². The van der Waals surface area contributed by atoms with E-state index in [1.165, 1.54) is 11.1 Å². The van der Waals surface area contributed by atoms with Crippen molar-refractivity contribution in [2.75, 3.05) is 13.1 Å². The lowest BCUT2D eigenvalue weighted by Gasteiger charge is -2.26. The van der Waals surface area contributed by atoms with Gasteiger partial charge in [0, 0.05) is 19.0 Å². The topological polar surface area (TPSA) is 41.1 Å². The zero-order valence-corrected chi connectivity index (χ0v) is 11.9. The number of carbonyl (C=O) groups is 1. The van der Waals surface area contributed by atoms with Crippen LogP contribution in [0, 0.1) is 5.92 Å². The molecule has 19 heavy (non-hydrogen) atoms. The molecule has 1 aromatic rings. The number of amides is 1. The molecule has 0 fully saturated rings. The second-order valence-corrected chi connectivity index (χ2v) is 5.69. The van der Waals surface area contributed by atoms with Gasteiger partial charge in [-0.1, -0.05) is 38.1 Å². The number of benzene rings is 1. The van der Waals surface area contributed by atoms with E-state index in [2.05, 4.69) is 48.7 Å². The van der Waals surface area contributed by atoms with Gasteiger partial charge in [0.25, 0.3) is 0 Å². The van der Waals surface area contributed by atoms with Crippen molar-refractivity contribution in [1.82, 2.24) is 10.6 Å². The summed E-state index contributed by atoms with van der Waals surface area (Å²) in [7, 11) is 0. The van der Waals surface area contributed by atoms with E-state index >= 15 is 0 Å². The fraction of sp³-hybridized carbons (Fsp3) is 0.562. The molecule has 2 rings (SSSR count). The van der Waals surface area contributed by atoms with Crippen molar-refractivity contribution in [2.24, 2.45) is 5.92 Å². The molecule has 0 radical (unpaired) electrons. The van der Waals surface area contributed by atoms with E-state index in [0.29, 0.717) is 12.3 Å². The van der Waals surface area contributed by atoms with E-state index in [0.717, 1.165) is 25.9 Å².